The van der Waals surface area contributed by atoms with Crippen molar-refractivity contribution in [3.05, 3.63) is 47.5 Å². The number of rotatable bonds is 6. The molecule has 2 aromatic rings. The quantitative estimate of drug-likeness (QED) is 0.694. The lowest BCUT2D eigenvalue weighted by molar-refractivity contribution is -0.123. The van der Waals surface area contributed by atoms with Crippen molar-refractivity contribution in [1.82, 2.24) is 5.01 Å². The van der Waals surface area contributed by atoms with Crippen molar-refractivity contribution in [2.24, 2.45) is 10.3 Å². The summed E-state index contributed by atoms with van der Waals surface area (Å²) in [5.74, 6) is -0.512. The zero-order valence-electron chi connectivity index (χ0n) is 18.2. The van der Waals surface area contributed by atoms with E-state index >= 15 is 0 Å². The second-order valence-electron chi connectivity index (χ2n) is 7.61. The van der Waals surface area contributed by atoms with Gasteiger partial charge < -0.3 is 14.8 Å². The predicted octanol–water partition coefficient (Wildman–Crippen LogP) is 2.25. The Kier molecular flexibility index (Phi) is 5.52. The van der Waals surface area contributed by atoms with Gasteiger partial charge in [0.05, 0.1) is 19.9 Å². The van der Waals surface area contributed by atoms with E-state index in [2.05, 4.69) is 15.7 Å². The number of imide groups is 1. The fourth-order valence-corrected chi connectivity index (χ4v) is 3.78. The Balaban J connectivity index is 1.52. The van der Waals surface area contributed by atoms with Gasteiger partial charge >= 0.3 is 0 Å². The number of nitrogens with one attached hydrogen (secondary N) is 1. The van der Waals surface area contributed by atoms with Crippen LogP contribution in [-0.4, -0.2) is 55.6 Å². The second-order valence-corrected chi connectivity index (χ2v) is 7.61. The van der Waals surface area contributed by atoms with Crippen LogP contribution in [0.3, 0.4) is 0 Å². The van der Waals surface area contributed by atoms with Gasteiger partial charge in [0.1, 0.15) is 6.54 Å². The molecule has 2 heterocycles. The first-order chi connectivity index (χ1) is 15.3. The Morgan fingerprint density at radius 1 is 1.03 bits per heavy atom. The molecule has 10 nitrogen and oxygen atoms in total. The van der Waals surface area contributed by atoms with Gasteiger partial charge in [-0.1, -0.05) is 17.4 Å². The summed E-state index contributed by atoms with van der Waals surface area (Å²) in [6.45, 7) is 3.61. The van der Waals surface area contributed by atoms with Gasteiger partial charge in [0.15, 0.2) is 23.6 Å². The zero-order chi connectivity index (χ0) is 23.0. The van der Waals surface area contributed by atoms with Crippen LogP contribution in [0, 0.1) is 13.8 Å². The number of nitrogens with zero attached hydrogens (tertiary/aromatic N) is 4. The molecular weight excluding hydrogens is 414 g/mol. The highest BCUT2D eigenvalue weighted by Crippen LogP contribution is 2.36. The average molecular weight is 437 g/mol. The lowest BCUT2D eigenvalue weighted by Gasteiger charge is -2.21. The molecule has 1 fully saturated rings. The van der Waals surface area contributed by atoms with E-state index in [9.17, 15) is 14.4 Å². The summed E-state index contributed by atoms with van der Waals surface area (Å²) >= 11 is 0. The summed E-state index contributed by atoms with van der Waals surface area (Å²) in [7, 11) is 2.96. The maximum atomic E-state index is 13.1. The number of carbonyl (C=O) groups excluding carboxylic acids is 3. The number of fused-ring (bicyclic) bond motifs is 1. The SMILES string of the molecule is COc1ccc(N2C(=O)[C@H]3N=NN(CC(=O)Nc4cc(C)ccc4C)[C@@H]3C2=O)cc1OC. The molecule has 0 spiro atoms. The molecule has 0 unspecified atom stereocenters. The third kappa shape index (κ3) is 3.64. The molecule has 10 heteroatoms. The third-order valence-electron chi connectivity index (χ3n) is 5.46. The minimum absolute atomic E-state index is 0.211. The van der Waals surface area contributed by atoms with Crippen molar-refractivity contribution >= 4 is 29.1 Å². The Bertz CT molecular complexity index is 1130. The van der Waals surface area contributed by atoms with Crippen molar-refractivity contribution in [1.29, 1.82) is 0 Å². The lowest BCUT2D eigenvalue weighted by atomic mass is 10.1. The molecule has 3 amide bonds. The second kappa shape index (κ2) is 8.29. The molecule has 166 valence electrons. The summed E-state index contributed by atoms with van der Waals surface area (Å²) in [6, 6.07) is 8.51. The van der Waals surface area contributed by atoms with Crippen LogP contribution in [0.4, 0.5) is 11.4 Å². The highest BCUT2D eigenvalue weighted by molar-refractivity contribution is 6.25. The highest BCUT2D eigenvalue weighted by atomic mass is 16.5. The van der Waals surface area contributed by atoms with Crippen molar-refractivity contribution < 1.29 is 23.9 Å². The highest BCUT2D eigenvalue weighted by Gasteiger charge is 2.55. The number of carbonyl (C=O) groups is 3. The number of aryl methyl sites for hydroxylation is 2. The topological polar surface area (TPSA) is 113 Å². The van der Waals surface area contributed by atoms with Gasteiger partial charge in [-0.3, -0.25) is 19.4 Å². The number of benzene rings is 2. The van der Waals surface area contributed by atoms with E-state index in [1.54, 1.807) is 18.2 Å². The van der Waals surface area contributed by atoms with Crippen molar-refractivity contribution in [3.63, 3.8) is 0 Å². The van der Waals surface area contributed by atoms with E-state index in [0.29, 0.717) is 22.9 Å². The molecule has 0 radical (unpaired) electrons. The number of hydrogen-bond acceptors (Lipinski definition) is 8. The largest absolute Gasteiger partial charge is 0.493 e. The van der Waals surface area contributed by atoms with Gasteiger partial charge in [0.25, 0.3) is 11.8 Å². The fourth-order valence-electron chi connectivity index (χ4n) is 3.78. The first-order valence-corrected chi connectivity index (χ1v) is 9.98. The van der Waals surface area contributed by atoms with E-state index in [1.165, 1.54) is 19.2 Å². The van der Waals surface area contributed by atoms with Crippen LogP contribution >= 0.6 is 0 Å². The maximum Gasteiger partial charge on any atom is 0.263 e. The van der Waals surface area contributed by atoms with Crippen LogP contribution in [0.25, 0.3) is 0 Å². The summed E-state index contributed by atoms with van der Waals surface area (Å²) in [4.78, 5) is 39.7. The maximum absolute atomic E-state index is 13.1. The molecule has 2 aliphatic heterocycles. The normalized spacial score (nSPS) is 19.4. The molecule has 1 N–H and O–H groups in total. The summed E-state index contributed by atoms with van der Waals surface area (Å²) in [6.07, 6.45) is 0. The summed E-state index contributed by atoms with van der Waals surface area (Å²) in [5.41, 5.74) is 2.94. The van der Waals surface area contributed by atoms with E-state index < -0.39 is 23.9 Å². The first kappa shape index (κ1) is 21.3. The van der Waals surface area contributed by atoms with Gasteiger partial charge in [-0.15, -0.1) is 0 Å². The van der Waals surface area contributed by atoms with Crippen molar-refractivity contribution in [2.75, 3.05) is 31.0 Å². The number of hydrogen-bond donors (Lipinski definition) is 1. The molecular formula is C22H23N5O5. The molecule has 2 aromatic carbocycles. The summed E-state index contributed by atoms with van der Waals surface area (Å²) in [5, 5.41) is 12.0. The van der Waals surface area contributed by atoms with Gasteiger partial charge in [-0.25, -0.2) is 4.90 Å². The van der Waals surface area contributed by atoms with Crippen molar-refractivity contribution in [2.45, 2.75) is 25.9 Å². The fraction of sp³-hybridized carbons (Fsp3) is 0.318. The molecule has 2 atom stereocenters. The van der Waals surface area contributed by atoms with E-state index in [-0.39, 0.29) is 12.5 Å². The third-order valence-corrected chi connectivity index (χ3v) is 5.46. The monoisotopic (exact) mass is 437 g/mol. The van der Waals surface area contributed by atoms with Crippen LogP contribution in [0.5, 0.6) is 11.5 Å². The van der Waals surface area contributed by atoms with Gasteiger partial charge in [0, 0.05) is 11.8 Å². The first-order valence-electron chi connectivity index (χ1n) is 9.98. The molecule has 0 saturated carbocycles. The van der Waals surface area contributed by atoms with E-state index in [1.807, 2.05) is 32.0 Å². The molecule has 0 aromatic heterocycles. The molecule has 0 aliphatic carbocycles. The Morgan fingerprint density at radius 2 is 1.78 bits per heavy atom. The van der Waals surface area contributed by atoms with Crippen LogP contribution in [0.1, 0.15) is 11.1 Å². The van der Waals surface area contributed by atoms with Crippen LogP contribution in [-0.2, 0) is 14.4 Å². The van der Waals surface area contributed by atoms with Crippen LogP contribution in [0.2, 0.25) is 0 Å². The average Bonchev–Trinajstić information content (AvgIpc) is 3.29. The number of ether oxygens (including phenoxy) is 2. The number of amides is 3. The summed E-state index contributed by atoms with van der Waals surface area (Å²) < 4.78 is 10.5. The molecule has 1 saturated heterocycles. The standard InChI is InChI=1S/C22H23N5O5/c1-12-5-6-13(2)15(9-12)23-18(28)11-26-20-19(24-25-26)21(29)27(22(20)30)14-7-8-16(31-3)17(10-14)32-4/h5-10,19-20H,11H2,1-4H3,(H,23,28)/t19-,20-/m0/s1. The van der Waals surface area contributed by atoms with E-state index in [4.69, 9.17) is 9.47 Å². The zero-order valence-corrected chi connectivity index (χ0v) is 18.2. The number of methoxy groups -OCH3 is 2. The smallest absolute Gasteiger partial charge is 0.263 e. The van der Waals surface area contributed by atoms with E-state index in [0.717, 1.165) is 16.0 Å². The molecule has 4 rings (SSSR count). The molecule has 32 heavy (non-hydrogen) atoms. The molecule has 2 aliphatic rings. The van der Waals surface area contributed by atoms with Crippen molar-refractivity contribution in [3.8, 4) is 11.5 Å². The van der Waals surface area contributed by atoms with Gasteiger partial charge in [-0.05, 0) is 43.2 Å². The van der Waals surface area contributed by atoms with Gasteiger partial charge in [0.2, 0.25) is 5.91 Å². The Morgan fingerprint density at radius 3 is 2.50 bits per heavy atom. The minimum Gasteiger partial charge on any atom is -0.493 e. The van der Waals surface area contributed by atoms with Crippen LogP contribution < -0.4 is 19.7 Å². The van der Waals surface area contributed by atoms with Gasteiger partial charge in [-0.2, -0.15) is 5.11 Å². The Labute approximate surface area is 184 Å². The predicted molar refractivity (Wildman–Crippen MR) is 116 cm³/mol. The Hall–Kier alpha value is -3.95. The minimum atomic E-state index is -0.996. The number of anilines is 2. The van der Waals surface area contributed by atoms with Crippen LogP contribution in [0.15, 0.2) is 46.7 Å². The lowest BCUT2D eigenvalue weighted by Crippen LogP contribution is -2.43. The molecule has 0 bridgehead atoms.